The van der Waals surface area contributed by atoms with Crippen LogP contribution in [0.15, 0.2) is 24.3 Å². The highest BCUT2D eigenvalue weighted by Crippen LogP contribution is 2.24. The molecule has 0 aromatic heterocycles. The largest absolute Gasteiger partial charge is 0.465 e. The highest BCUT2D eigenvalue weighted by Gasteiger charge is 2.26. The van der Waals surface area contributed by atoms with Crippen molar-refractivity contribution in [3.63, 3.8) is 0 Å². The zero-order valence-corrected chi connectivity index (χ0v) is 11.5. The second kappa shape index (κ2) is 7.17. The highest BCUT2D eigenvalue weighted by atomic mass is 19.4. The molecule has 0 fully saturated rings. The number of carbonyl (C=O) groups excluding carboxylic acids is 1. The fourth-order valence-electron chi connectivity index (χ4n) is 1.84. The van der Waals surface area contributed by atoms with Gasteiger partial charge in [-0.1, -0.05) is 12.1 Å². The molecule has 0 aliphatic carbocycles. The Kier molecular flexibility index (Phi) is 5.85. The Bertz CT molecular complexity index is 446. The number of methoxy groups -OCH3 is 1. The van der Waals surface area contributed by atoms with Crippen LogP contribution in [0.5, 0.6) is 0 Å². The Morgan fingerprint density at radius 3 is 2.60 bits per heavy atom. The van der Waals surface area contributed by atoms with Crippen molar-refractivity contribution < 1.29 is 22.7 Å². The van der Waals surface area contributed by atoms with Crippen LogP contribution in [-0.4, -0.2) is 25.3 Å². The maximum Gasteiger partial charge on any atom is 0.389 e. The number of nitrogens with one attached hydrogen (secondary N) is 1. The summed E-state index contributed by atoms with van der Waals surface area (Å²) in [5.41, 5.74) is 0.941. The Balaban J connectivity index is 2.58. The Morgan fingerprint density at radius 1 is 1.35 bits per heavy atom. The van der Waals surface area contributed by atoms with Gasteiger partial charge in [0.05, 0.1) is 12.7 Å². The summed E-state index contributed by atoms with van der Waals surface area (Å²) in [5, 5.41) is 3.04. The predicted octanol–water partition coefficient (Wildman–Crippen LogP) is 4.01. The molecule has 1 aromatic carbocycles. The Labute approximate surface area is 116 Å². The molecule has 3 nitrogen and oxygen atoms in total. The summed E-state index contributed by atoms with van der Waals surface area (Å²) in [7, 11) is 1.28. The number of rotatable bonds is 6. The fourth-order valence-corrected chi connectivity index (χ4v) is 1.84. The lowest BCUT2D eigenvalue weighted by Gasteiger charge is -2.17. The molecule has 1 aromatic rings. The van der Waals surface area contributed by atoms with Gasteiger partial charge in [0.2, 0.25) is 0 Å². The van der Waals surface area contributed by atoms with E-state index in [2.05, 4.69) is 10.1 Å². The van der Waals surface area contributed by atoms with E-state index in [1.807, 2.05) is 0 Å². The van der Waals surface area contributed by atoms with Crippen LogP contribution in [0, 0.1) is 0 Å². The third kappa shape index (κ3) is 5.50. The number of halogens is 3. The lowest BCUT2D eigenvalue weighted by Crippen LogP contribution is -2.18. The molecule has 1 N–H and O–H groups in total. The molecule has 20 heavy (non-hydrogen) atoms. The second-order valence-corrected chi connectivity index (χ2v) is 4.59. The maximum atomic E-state index is 12.1. The summed E-state index contributed by atoms with van der Waals surface area (Å²) in [6.07, 6.45) is -4.49. The SMILES string of the molecule is COC(=O)c1ccccc1NC(C)CCCC(F)(F)F. The van der Waals surface area contributed by atoms with Crippen molar-refractivity contribution in [2.75, 3.05) is 12.4 Å². The number of esters is 1. The van der Waals surface area contributed by atoms with Gasteiger partial charge in [-0.25, -0.2) is 4.79 Å². The molecule has 0 saturated carbocycles. The van der Waals surface area contributed by atoms with E-state index in [1.165, 1.54) is 7.11 Å². The Morgan fingerprint density at radius 2 is 2.00 bits per heavy atom. The molecule has 1 unspecified atom stereocenters. The van der Waals surface area contributed by atoms with Gasteiger partial charge in [0.1, 0.15) is 0 Å². The van der Waals surface area contributed by atoms with Crippen molar-refractivity contribution in [1.29, 1.82) is 0 Å². The van der Waals surface area contributed by atoms with Gasteiger partial charge in [0, 0.05) is 18.2 Å². The van der Waals surface area contributed by atoms with Crippen LogP contribution >= 0.6 is 0 Å². The second-order valence-electron chi connectivity index (χ2n) is 4.59. The van der Waals surface area contributed by atoms with Crippen LogP contribution in [0.1, 0.15) is 36.5 Å². The highest BCUT2D eigenvalue weighted by molar-refractivity contribution is 5.95. The standard InChI is InChI=1S/C14H18F3NO2/c1-10(6-5-9-14(15,16)17)18-12-8-4-3-7-11(12)13(19)20-2/h3-4,7-8,10,18H,5-6,9H2,1-2H3. The number of hydrogen-bond acceptors (Lipinski definition) is 3. The lowest BCUT2D eigenvalue weighted by molar-refractivity contribution is -0.135. The van der Waals surface area contributed by atoms with Crippen molar-refractivity contribution in [2.45, 2.75) is 38.4 Å². The molecule has 0 radical (unpaired) electrons. The van der Waals surface area contributed by atoms with Gasteiger partial charge in [-0.3, -0.25) is 0 Å². The van der Waals surface area contributed by atoms with E-state index < -0.39 is 18.6 Å². The molecular formula is C14H18F3NO2. The Hall–Kier alpha value is -1.72. The molecule has 0 aliphatic heterocycles. The van der Waals surface area contributed by atoms with Crippen molar-refractivity contribution in [1.82, 2.24) is 0 Å². The molecule has 1 rings (SSSR count). The molecule has 0 spiro atoms. The molecule has 0 bridgehead atoms. The van der Waals surface area contributed by atoms with Gasteiger partial charge in [-0.2, -0.15) is 13.2 Å². The normalized spacial score (nSPS) is 12.8. The van der Waals surface area contributed by atoms with Gasteiger partial charge in [0.15, 0.2) is 0 Å². The van der Waals surface area contributed by atoms with Gasteiger partial charge in [0.25, 0.3) is 0 Å². The van der Waals surface area contributed by atoms with Gasteiger partial charge >= 0.3 is 12.1 Å². The molecule has 0 saturated heterocycles. The number of alkyl halides is 3. The third-order valence-electron chi connectivity index (χ3n) is 2.83. The van der Waals surface area contributed by atoms with Crippen LogP contribution < -0.4 is 5.32 Å². The van der Waals surface area contributed by atoms with Gasteiger partial charge < -0.3 is 10.1 Å². The van der Waals surface area contributed by atoms with Crippen LogP contribution in [-0.2, 0) is 4.74 Å². The summed E-state index contributed by atoms with van der Waals surface area (Å²) in [5.74, 6) is -0.476. The fraction of sp³-hybridized carbons (Fsp3) is 0.500. The minimum atomic E-state index is -4.12. The molecule has 112 valence electrons. The number of para-hydroxylation sites is 1. The van der Waals surface area contributed by atoms with Crippen LogP contribution in [0.3, 0.4) is 0 Å². The van der Waals surface area contributed by atoms with E-state index in [1.54, 1.807) is 31.2 Å². The molecule has 1 atom stereocenters. The molecule has 6 heteroatoms. The summed E-state index contributed by atoms with van der Waals surface area (Å²) in [6.45, 7) is 1.78. The predicted molar refractivity (Wildman–Crippen MR) is 70.8 cm³/mol. The topological polar surface area (TPSA) is 38.3 Å². The van der Waals surface area contributed by atoms with Gasteiger partial charge in [-0.05, 0) is 31.9 Å². The average molecular weight is 289 g/mol. The van der Waals surface area contributed by atoms with E-state index in [-0.39, 0.29) is 12.5 Å². The van der Waals surface area contributed by atoms with E-state index in [9.17, 15) is 18.0 Å². The first-order valence-corrected chi connectivity index (χ1v) is 6.34. The minimum absolute atomic E-state index is 0.0536. The van der Waals surface area contributed by atoms with Crippen LogP contribution in [0.25, 0.3) is 0 Å². The van der Waals surface area contributed by atoms with Crippen molar-refractivity contribution in [3.8, 4) is 0 Å². The number of benzene rings is 1. The summed E-state index contributed by atoms with van der Waals surface area (Å²) < 4.78 is 40.9. The van der Waals surface area contributed by atoms with E-state index in [4.69, 9.17) is 0 Å². The van der Waals surface area contributed by atoms with Crippen molar-refractivity contribution in [2.24, 2.45) is 0 Å². The van der Waals surface area contributed by atoms with Crippen molar-refractivity contribution >= 4 is 11.7 Å². The summed E-state index contributed by atoms with van der Waals surface area (Å²) >= 11 is 0. The third-order valence-corrected chi connectivity index (χ3v) is 2.83. The lowest BCUT2D eigenvalue weighted by atomic mass is 10.1. The number of hydrogen-bond donors (Lipinski definition) is 1. The van der Waals surface area contributed by atoms with E-state index in [0.29, 0.717) is 17.7 Å². The quantitative estimate of drug-likeness (QED) is 0.804. The van der Waals surface area contributed by atoms with E-state index >= 15 is 0 Å². The summed E-state index contributed by atoms with van der Waals surface area (Å²) in [6, 6.07) is 6.59. The minimum Gasteiger partial charge on any atom is -0.465 e. The number of ether oxygens (including phenoxy) is 1. The zero-order chi connectivity index (χ0) is 15.2. The van der Waals surface area contributed by atoms with Crippen molar-refractivity contribution in [3.05, 3.63) is 29.8 Å². The average Bonchev–Trinajstić information content (AvgIpc) is 2.37. The van der Waals surface area contributed by atoms with E-state index in [0.717, 1.165) is 0 Å². The number of carbonyl (C=O) groups is 1. The maximum absolute atomic E-state index is 12.1. The molecule has 0 heterocycles. The first-order valence-electron chi connectivity index (χ1n) is 6.34. The summed E-state index contributed by atoms with van der Waals surface area (Å²) in [4.78, 5) is 11.6. The molecular weight excluding hydrogens is 271 g/mol. The first kappa shape index (κ1) is 16.3. The number of anilines is 1. The van der Waals surface area contributed by atoms with Crippen LogP contribution in [0.4, 0.5) is 18.9 Å². The zero-order valence-electron chi connectivity index (χ0n) is 11.5. The molecule has 0 amide bonds. The first-order chi connectivity index (χ1) is 9.33. The monoisotopic (exact) mass is 289 g/mol. The smallest absolute Gasteiger partial charge is 0.389 e. The van der Waals surface area contributed by atoms with Crippen LogP contribution in [0.2, 0.25) is 0 Å². The molecule has 0 aliphatic rings. The van der Waals surface area contributed by atoms with Gasteiger partial charge in [-0.15, -0.1) is 0 Å².